The smallest absolute Gasteiger partial charge is 0.262 e. The normalized spacial score (nSPS) is 10.8. The predicted molar refractivity (Wildman–Crippen MR) is 119 cm³/mol. The summed E-state index contributed by atoms with van der Waals surface area (Å²) in [5.74, 6) is 1.20. The molecule has 0 bridgehead atoms. The van der Waals surface area contributed by atoms with Gasteiger partial charge in [0.2, 0.25) is 11.9 Å². The second kappa shape index (κ2) is 9.91. The van der Waals surface area contributed by atoms with E-state index >= 15 is 0 Å². The average Bonchev–Trinajstić information content (AvgIpc) is 2.78. The maximum atomic E-state index is 13.1. The second-order valence-electron chi connectivity index (χ2n) is 6.90. The Morgan fingerprint density at radius 3 is 2.53 bits per heavy atom. The van der Waals surface area contributed by atoms with E-state index in [1.54, 1.807) is 17.7 Å². The molecular formula is C23H28N4O3. The highest BCUT2D eigenvalue weighted by Gasteiger charge is 2.16. The third kappa shape index (κ3) is 4.62. The summed E-state index contributed by atoms with van der Waals surface area (Å²) in [6.45, 7) is 6.13. The van der Waals surface area contributed by atoms with Crippen LogP contribution in [-0.2, 0) is 17.9 Å². The summed E-state index contributed by atoms with van der Waals surface area (Å²) in [6.07, 6.45) is 0.184. The van der Waals surface area contributed by atoms with Crippen LogP contribution < -0.4 is 20.5 Å². The molecule has 0 saturated heterocycles. The van der Waals surface area contributed by atoms with Crippen LogP contribution in [0.4, 0.5) is 5.95 Å². The molecule has 0 aliphatic heterocycles. The maximum Gasteiger partial charge on any atom is 0.262 e. The fourth-order valence-corrected chi connectivity index (χ4v) is 3.45. The number of carbonyl (C=O) groups excluding carboxylic acids is 1. The predicted octanol–water partition coefficient (Wildman–Crippen LogP) is 2.96. The number of hydrogen-bond acceptors (Lipinski definition) is 5. The number of hydrogen-bond donors (Lipinski definition) is 1. The Balaban J connectivity index is 1.79. The van der Waals surface area contributed by atoms with E-state index in [1.807, 2.05) is 61.2 Å². The highest BCUT2D eigenvalue weighted by Crippen LogP contribution is 2.17. The molecular weight excluding hydrogens is 380 g/mol. The Labute approximate surface area is 176 Å². The first kappa shape index (κ1) is 21.4. The molecule has 0 fully saturated rings. The van der Waals surface area contributed by atoms with Gasteiger partial charge in [0, 0.05) is 38.2 Å². The molecule has 0 radical (unpaired) electrons. The molecule has 0 unspecified atom stereocenters. The van der Waals surface area contributed by atoms with Gasteiger partial charge in [-0.15, -0.1) is 0 Å². The fourth-order valence-electron chi connectivity index (χ4n) is 3.45. The van der Waals surface area contributed by atoms with Crippen molar-refractivity contribution in [2.24, 2.45) is 0 Å². The number of carbonyl (C=O) groups is 1. The van der Waals surface area contributed by atoms with Gasteiger partial charge in [0.25, 0.3) is 5.56 Å². The zero-order chi connectivity index (χ0) is 21.5. The number of methoxy groups -OCH3 is 1. The number of para-hydroxylation sites is 2. The van der Waals surface area contributed by atoms with Crippen molar-refractivity contribution in [2.45, 2.75) is 33.4 Å². The van der Waals surface area contributed by atoms with Crippen LogP contribution in [0.15, 0.2) is 53.3 Å². The second-order valence-corrected chi connectivity index (χ2v) is 6.90. The lowest BCUT2D eigenvalue weighted by Gasteiger charge is -2.24. The van der Waals surface area contributed by atoms with Crippen molar-refractivity contribution in [2.75, 3.05) is 25.1 Å². The fraction of sp³-hybridized carbons (Fsp3) is 0.348. The number of anilines is 1. The highest BCUT2D eigenvalue weighted by molar-refractivity contribution is 5.79. The maximum absolute atomic E-state index is 13.1. The van der Waals surface area contributed by atoms with Crippen LogP contribution in [0.1, 0.15) is 25.8 Å². The van der Waals surface area contributed by atoms with Crippen molar-refractivity contribution >= 4 is 22.8 Å². The minimum absolute atomic E-state index is 0.125. The van der Waals surface area contributed by atoms with Gasteiger partial charge in [-0.25, -0.2) is 4.98 Å². The molecule has 0 atom stereocenters. The van der Waals surface area contributed by atoms with Crippen LogP contribution in [-0.4, -0.2) is 35.7 Å². The first-order valence-electron chi connectivity index (χ1n) is 10.2. The molecule has 0 saturated carbocycles. The first-order chi connectivity index (χ1) is 14.6. The van der Waals surface area contributed by atoms with E-state index in [9.17, 15) is 9.59 Å². The zero-order valence-electron chi connectivity index (χ0n) is 17.7. The lowest BCUT2D eigenvalue weighted by Crippen LogP contribution is -2.34. The summed E-state index contributed by atoms with van der Waals surface area (Å²) in [6, 6.07) is 14.9. The number of fused-ring (bicyclic) bond motifs is 1. The van der Waals surface area contributed by atoms with E-state index in [4.69, 9.17) is 9.72 Å². The number of nitrogens with one attached hydrogen (secondary N) is 1. The third-order valence-corrected chi connectivity index (χ3v) is 5.12. The number of amides is 1. The molecule has 3 aromatic rings. The van der Waals surface area contributed by atoms with Crippen molar-refractivity contribution in [3.05, 3.63) is 64.4 Å². The standard InChI is InChI=1S/C23H28N4O3/c1-4-26(5-2)23-25-19-12-8-7-11-18(19)22(29)27(23)15-14-21(28)24-16-17-10-6-9-13-20(17)30-3/h6-13H,4-5,14-16H2,1-3H3,(H,24,28). The van der Waals surface area contributed by atoms with Crippen molar-refractivity contribution in [1.82, 2.24) is 14.9 Å². The largest absolute Gasteiger partial charge is 0.496 e. The quantitative estimate of drug-likeness (QED) is 0.589. The zero-order valence-corrected chi connectivity index (χ0v) is 17.7. The van der Waals surface area contributed by atoms with Gasteiger partial charge < -0.3 is 15.0 Å². The summed E-state index contributed by atoms with van der Waals surface area (Å²) < 4.78 is 6.93. The highest BCUT2D eigenvalue weighted by atomic mass is 16.5. The summed E-state index contributed by atoms with van der Waals surface area (Å²) in [4.78, 5) is 32.3. The summed E-state index contributed by atoms with van der Waals surface area (Å²) in [7, 11) is 1.61. The Hall–Kier alpha value is -3.35. The third-order valence-electron chi connectivity index (χ3n) is 5.12. The van der Waals surface area contributed by atoms with Crippen LogP contribution in [0.2, 0.25) is 0 Å². The first-order valence-corrected chi connectivity index (χ1v) is 10.2. The van der Waals surface area contributed by atoms with E-state index in [0.717, 1.165) is 24.4 Å². The number of aromatic nitrogens is 2. The van der Waals surface area contributed by atoms with Gasteiger partial charge in [-0.3, -0.25) is 14.2 Å². The molecule has 7 heteroatoms. The molecule has 1 N–H and O–H groups in total. The van der Waals surface area contributed by atoms with Gasteiger partial charge in [0.05, 0.1) is 18.0 Å². The van der Waals surface area contributed by atoms with E-state index in [1.165, 1.54) is 0 Å². The minimum atomic E-state index is -0.133. The van der Waals surface area contributed by atoms with Crippen LogP contribution in [0.25, 0.3) is 10.9 Å². The molecule has 0 aliphatic carbocycles. The van der Waals surface area contributed by atoms with Crippen LogP contribution >= 0.6 is 0 Å². The molecule has 0 aliphatic rings. The number of rotatable bonds is 9. The Kier molecular flexibility index (Phi) is 7.06. The van der Waals surface area contributed by atoms with Crippen LogP contribution in [0.3, 0.4) is 0 Å². The van der Waals surface area contributed by atoms with Crippen molar-refractivity contribution in [3.8, 4) is 5.75 Å². The molecule has 1 amide bonds. The number of ether oxygens (including phenoxy) is 1. The molecule has 7 nitrogen and oxygen atoms in total. The van der Waals surface area contributed by atoms with Gasteiger partial charge >= 0.3 is 0 Å². The van der Waals surface area contributed by atoms with Crippen molar-refractivity contribution in [3.63, 3.8) is 0 Å². The summed E-state index contributed by atoms with van der Waals surface area (Å²) in [5, 5.41) is 3.47. The molecule has 0 spiro atoms. The minimum Gasteiger partial charge on any atom is -0.496 e. The van der Waals surface area contributed by atoms with Crippen LogP contribution in [0, 0.1) is 0 Å². The van der Waals surface area contributed by atoms with Gasteiger partial charge in [-0.1, -0.05) is 30.3 Å². The summed E-state index contributed by atoms with van der Waals surface area (Å²) >= 11 is 0. The lowest BCUT2D eigenvalue weighted by molar-refractivity contribution is -0.121. The van der Waals surface area contributed by atoms with E-state index in [2.05, 4.69) is 5.32 Å². The lowest BCUT2D eigenvalue weighted by atomic mass is 10.2. The Morgan fingerprint density at radius 1 is 1.10 bits per heavy atom. The molecule has 2 aromatic carbocycles. The Morgan fingerprint density at radius 2 is 1.80 bits per heavy atom. The van der Waals surface area contributed by atoms with Crippen molar-refractivity contribution in [1.29, 1.82) is 0 Å². The van der Waals surface area contributed by atoms with Gasteiger partial charge in [-0.2, -0.15) is 0 Å². The molecule has 30 heavy (non-hydrogen) atoms. The van der Waals surface area contributed by atoms with E-state index in [0.29, 0.717) is 23.4 Å². The molecule has 3 rings (SSSR count). The van der Waals surface area contributed by atoms with Gasteiger partial charge in [-0.05, 0) is 32.0 Å². The monoisotopic (exact) mass is 408 g/mol. The average molecular weight is 409 g/mol. The number of benzene rings is 2. The van der Waals surface area contributed by atoms with Gasteiger partial charge in [0.1, 0.15) is 5.75 Å². The van der Waals surface area contributed by atoms with E-state index in [-0.39, 0.29) is 24.4 Å². The van der Waals surface area contributed by atoms with E-state index < -0.39 is 0 Å². The van der Waals surface area contributed by atoms with Crippen molar-refractivity contribution < 1.29 is 9.53 Å². The molecule has 1 heterocycles. The molecule has 1 aromatic heterocycles. The SMILES string of the molecule is CCN(CC)c1nc2ccccc2c(=O)n1CCC(=O)NCc1ccccc1OC. The van der Waals surface area contributed by atoms with Gasteiger partial charge in [0.15, 0.2) is 0 Å². The molecule has 158 valence electrons. The Bertz CT molecular complexity index is 1070. The topological polar surface area (TPSA) is 76.5 Å². The van der Waals surface area contributed by atoms with Crippen LogP contribution in [0.5, 0.6) is 5.75 Å². The number of nitrogens with zero attached hydrogens (tertiary/aromatic N) is 3. The summed E-state index contributed by atoms with van der Waals surface area (Å²) in [5.41, 5.74) is 1.45.